The third-order valence-electron chi connectivity index (χ3n) is 2.77. The molecule has 0 aliphatic rings. The van der Waals surface area contributed by atoms with Crippen LogP contribution in [0.1, 0.15) is 13.0 Å². The Morgan fingerprint density at radius 3 is 2.83 bits per heavy atom. The Kier molecular flexibility index (Phi) is 2.75. The summed E-state index contributed by atoms with van der Waals surface area (Å²) in [6.45, 7) is 1.56. The Morgan fingerprint density at radius 1 is 1.56 bits per heavy atom. The van der Waals surface area contributed by atoms with Crippen molar-refractivity contribution in [3.63, 3.8) is 0 Å². The average molecular weight is 252 g/mol. The molecule has 9 nitrogen and oxygen atoms in total. The van der Waals surface area contributed by atoms with Crippen LogP contribution in [-0.2, 0) is 11.8 Å². The van der Waals surface area contributed by atoms with E-state index in [-0.39, 0.29) is 11.2 Å². The summed E-state index contributed by atoms with van der Waals surface area (Å²) >= 11 is 0. The highest BCUT2D eigenvalue weighted by Crippen LogP contribution is 2.12. The molecule has 0 fully saturated rings. The van der Waals surface area contributed by atoms with Gasteiger partial charge in [0.2, 0.25) is 0 Å². The van der Waals surface area contributed by atoms with Crippen LogP contribution in [-0.4, -0.2) is 25.0 Å². The van der Waals surface area contributed by atoms with E-state index < -0.39 is 23.2 Å². The molecule has 0 aliphatic carbocycles. The molecule has 0 spiro atoms. The average Bonchev–Trinajstić information content (AvgIpc) is 2.79. The predicted octanol–water partition coefficient (Wildman–Crippen LogP) is -2.03. The standard InChI is InChI=1S/C9H12N6O3/c1-4(7(16)13-10)15-3-11-6-5(15)8(17)12-9(18)14(6)2/h3-4H,10H2,1-2H3,(H,13,16)(H,12,17,18)/t4-/m0/s1. The number of amides is 1. The first kappa shape index (κ1) is 12.0. The number of rotatable bonds is 2. The van der Waals surface area contributed by atoms with Crippen molar-refractivity contribution in [1.82, 2.24) is 24.5 Å². The zero-order valence-corrected chi connectivity index (χ0v) is 9.80. The van der Waals surface area contributed by atoms with Gasteiger partial charge < -0.3 is 4.57 Å². The minimum absolute atomic E-state index is 0.146. The van der Waals surface area contributed by atoms with Gasteiger partial charge in [-0.3, -0.25) is 24.6 Å². The van der Waals surface area contributed by atoms with E-state index in [2.05, 4.69) is 9.97 Å². The number of aromatic nitrogens is 4. The van der Waals surface area contributed by atoms with E-state index in [9.17, 15) is 14.4 Å². The van der Waals surface area contributed by atoms with Gasteiger partial charge in [0.1, 0.15) is 6.04 Å². The van der Waals surface area contributed by atoms with Gasteiger partial charge in [-0.1, -0.05) is 0 Å². The van der Waals surface area contributed by atoms with Gasteiger partial charge in [-0.25, -0.2) is 15.6 Å². The van der Waals surface area contributed by atoms with E-state index in [0.29, 0.717) is 0 Å². The highest BCUT2D eigenvalue weighted by atomic mass is 16.2. The summed E-state index contributed by atoms with van der Waals surface area (Å²) in [6.07, 6.45) is 1.32. The Bertz CT molecular complexity index is 724. The van der Waals surface area contributed by atoms with Crippen LogP contribution in [0.25, 0.3) is 11.2 Å². The van der Waals surface area contributed by atoms with Crippen LogP contribution < -0.4 is 22.5 Å². The molecule has 2 aromatic rings. The first-order chi connectivity index (χ1) is 8.47. The quantitative estimate of drug-likeness (QED) is 0.323. The van der Waals surface area contributed by atoms with Crippen LogP contribution >= 0.6 is 0 Å². The SMILES string of the molecule is C[C@@H](C(=O)NN)n1cnc2c1c(=O)[nH]c(=O)n2C. The molecule has 0 unspecified atom stereocenters. The van der Waals surface area contributed by atoms with Crippen molar-refractivity contribution in [2.24, 2.45) is 12.9 Å². The second-order valence-corrected chi connectivity index (χ2v) is 3.83. The largest absolute Gasteiger partial charge is 0.329 e. The maximum atomic E-state index is 11.8. The summed E-state index contributed by atoms with van der Waals surface area (Å²) in [4.78, 5) is 40.7. The lowest BCUT2D eigenvalue weighted by Gasteiger charge is -2.11. The minimum Gasteiger partial charge on any atom is -0.312 e. The lowest BCUT2D eigenvalue weighted by molar-refractivity contribution is -0.123. The molecule has 0 saturated heterocycles. The van der Waals surface area contributed by atoms with Gasteiger partial charge in [0.25, 0.3) is 11.5 Å². The number of aryl methyl sites for hydroxylation is 1. The molecular formula is C9H12N6O3. The zero-order chi connectivity index (χ0) is 13.4. The van der Waals surface area contributed by atoms with Gasteiger partial charge in [-0.2, -0.15) is 0 Å². The lowest BCUT2D eigenvalue weighted by Crippen LogP contribution is -2.37. The number of fused-ring (bicyclic) bond motifs is 1. The smallest absolute Gasteiger partial charge is 0.312 e. The third-order valence-corrected chi connectivity index (χ3v) is 2.77. The van der Waals surface area contributed by atoms with Crippen molar-refractivity contribution in [1.29, 1.82) is 0 Å². The van der Waals surface area contributed by atoms with Gasteiger partial charge in [0.05, 0.1) is 6.33 Å². The van der Waals surface area contributed by atoms with E-state index in [4.69, 9.17) is 5.84 Å². The van der Waals surface area contributed by atoms with E-state index in [1.165, 1.54) is 22.5 Å². The van der Waals surface area contributed by atoms with Gasteiger partial charge in [0, 0.05) is 7.05 Å². The van der Waals surface area contributed by atoms with Gasteiger partial charge in [-0.15, -0.1) is 0 Å². The molecule has 2 rings (SSSR count). The molecule has 1 amide bonds. The molecule has 4 N–H and O–H groups in total. The second kappa shape index (κ2) is 4.11. The monoisotopic (exact) mass is 252 g/mol. The molecular weight excluding hydrogens is 240 g/mol. The number of nitrogens with one attached hydrogen (secondary N) is 2. The molecule has 9 heteroatoms. The molecule has 18 heavy (non-hydrogen) atoms. The first-order valence-electron chi connectivity index (χ1n) is 5.13. The van der Waals surface area contributed by atoms with Crippen LogP contribution in [0.5, 0.6) is 0 Å². The number of imidazole rings is 1. The van der Waals surface area contributed by atoms with Crippen LogP contribution in [0.2, 0.25) is 0 Å². The Hall–Kier alpha value is -2.42. The molecule has 0 aliphatic heterocycles. The van der Waals surface area contributed by atoms with Gasteiger partial charge >= 0.3 is 5.69 Å². The summed E-state index contributed by atoms with van der Waals surface area (Å²) in [7, 11) is 1.48. The van der Waals surface area contributed by atoms with Crippen molar-refractivity contribution in [2.75, 3.05) is 0 Å². The van der Waals surface area contributed by atoms with Crippen LogP contribution in [0.15, 0.2) is 15.9 Å². The van der Waals surface area contributed by atoms with Crippen molar-refractivity contribution in [2.45, 2.75) is 13.0 Å². The Morgan fingerprint density at radius 2 is 2.22 bits per heavy atom. The molecule has 96 valence electrons. The predicted molar refractivity (Wildman–Crippen MR) is 62.6 cm³/mol. The van der Waals surface area contributed by atoms with Crippen LogP contribution in [0.4, 0.5) is 0 Å². The molecule has 0 bridgehead atoms. The fraction of sp³-hybridized carbons (Fsp3) is 0.333. The summed E-state index contributed by atoms with van der Waals surface area (Å²) < 4.78 is 2.55. The number of hydrazine groups is 1. The van der Waals surface area contributed by atoms with E-state index in [1.54, 1.807) is 6.92 Å². The molecule has 2 aromatic heterocycles. The molecule has 0 aromatic carbocycles. The normalized spacial score (nSPS) is 12.6. The summed E-state index contributed by atoms with van der Waals surface area (Å²) in [5, 5.41) is 0. The van der Waals surface area contributed by atoms with Crippen molar-refractivity contribution in [3.8, 4) is 0 Å². The Balaban J connectivity index is 2.76. The van der Waals surface area contributed by atoms with Crippen molar-refractivity contribution < 1.29 is 4.79 Å². The van der Waals surface area contributed by atoms with Crippen molar-refractivity contribution in [3.05, 3.63) is 27.2 Å². The maximum absolute atomic E-state index is 11.8. The third kappa shape index (κ3) is 1.61. The fourth-order valence-corrected chi connectivity index (χ4v) is 1.69. The number of hydrogen-bond acceptors (Lipinski definition) is 5. The molecule has 1 atom stereocenters. The first-order valence-corrected chi connectivity index (χ1v) is 5.13. The Labute approximate surface area is 100 Å². The van der Waals surface area contributed by atoms with Gasteiger partial charge in [0.15, 0.2) is 11.2 Å². The summed E-state index contributed by atoms with van der Waals surface area (Å²) in [6, 6.07) is -0.710. The number of aromatic amines is 1. The molecule has 0 radical (unpaired) electrons. The second-order valence-electron chi connectivity index (χ2n) is 3.83. The lowest BCUT2D eigenvalue weighted by atomic mass is 10.3. The number of carbonyl (C=O) groups is 1. The van der Waals surface area contributed by atoms with E-state index >= 15 is 0 Å². The number of nitrogens with two attached hydrogens (primary N) is 1. The number of H-pyrrole nitrogens is 1. The topological polar surface area (TPSA) is 128 Å². The maximum Gasteiger partial charge on any atom is 0.329 e. The fourth-order valence-electron chi connectivity index (χ4n) is 1.69. The highest BCUT2D eigenvalue weighted by Gasteiger charge is 2.19. The highest BCUT2D eigenvalue weighted by molar-refractivity contribution is 5.81. The number of carbonyl (C=O) groups excluding carboxylic acids is 1. The van der Waals surface area contributed by atoms with Crippen molar-refractivity contribution >= 4 is 17.1 Å². The van der Waals surface area contributed by atoms with E-state index in [1.807, 2.05) is 5.43 Å². The minimum atomic E-state index is -0.710. The number of nitrogens with zero attached hydrogens (tertiary/aromatic N) is 3. The summed E-state index contributed by atoms with van der Waals surface area (Å²) in [5.74, 6) is 4.57. The van der Waals surface area contributed by atoms with Crippen LogP contribution in [0, 0.1) is 0 Å². The van der Waals surface area contributed by atoms with E-state index in [0.717, 1.165) is 0 Å². The van der Waals surface area contributed by atoms with Gasteiger partial charge in [-0.05, 0) is 6.92 Å². The zero-order valence-electron chi connectivity index (χ0n) is 9.80. The molecule has 2 heterocycles. The van der Waals surface area contributed by atoms with Crippen LogP contribution in [0.3, 0.4) is 0 Å². The molecule has 0 saturated carbocycles. The summed E-state index contributed by atoms with van der Waals surface area (Å²) in [5.41, 5.74) is 1.19. The number of hydrogen-bond donors (Lipinski definition) is 3.